The third kappa shape index (κ3) is 5.88. The molecule has 0 saturated heterocycles. The zero-order valence-electron chi connectivity index (χ0n) is 21.7. The van der Waals surface area contributed by atoms with Crippen LogP contribution in [0.2, 0.25) is 0 Å². The molecule has 202 valence electrons. The molecule has 4 fully saturated rings. The molecule has 0 amide bonds. The molecule has 4 saturated carbocycles. The van der Waals surface area contributed by atoms with Gasteiger partial charge in [0.15, 0.2) is 0 Å². The standard InChI is InChI=1S/C28H42O8/c1-2-23(24(29)33-19-11-3-4-12-19)28(25(30)34-20-13-5-6-14-20,26(31)35-21-15-7-8-16-21)27(32)36-22-17-9-10-18-22/h19-23H,2-18H2,1H3. The normalized spacial score (nSPS) is 23.0. The minimum atomic E-state index is -2.52. The van der Waals surface area contributed by atoms with Crippen LogP contribution in [0.15, 0.2) is 0 Å². The van der Waals surface area contributed by atoms with Crippen molar-refractivity contribution in [1.29, 1.82) is 0 Å². The van der Waals surface area contributed by atoms with Crippen LogP contribution in [0, 0.1) is 11.3 Å². The molecule has 8 nitrogen and oxygen atoms in total. The van der Waals surface area contributed by atoms with Gasteiger partial charge in [0.05, 0.1) is 5.92 Å². The minimum absolute atomic E-state index is 0.0465. The Morgan fingerprint density at radius 1 is 0.556 bits per heavy atom. The summed E-state index contributed by atoms with van der Waals surface area (Å²) < 4.78 is 23.2. The maximum Gasteiger partial charge on any atom is 0.336 e. The van der Waals surface area contributed by atoms with Gasteiger partial charge in [0.2, 0.25) is 0 Å². The highest BCUT2D eigenvalue weighted by Crippen LogP contribution is 2.41. The molecule has 0 heterocycles. The number of hydrogen-bond donors (Lipinski definition) is 0. The Morgan fingerprint density at radius 3 is 1.11 bits per heavy atom. The smallest absolute Gasteiger partial charge is 0.336 e. The molecule has 1 unspecified atom stereocenters. The quantitative estimate of drug-likeness (QED) is 0.233. The van der Waals surface area contributed by atoms with Crippen LogP contribution in [0.4, 0.5) is 0 Å². The van der Waals surface area contributed by atoms with Crippen molar-refractivity contribution in [3.63, 3.8) is 0 Å². The lowest BCUT2D eigenvalue weighted by Gasteiger charge is -2.35. The fraction of sp³-hybridized carbons (Fsp3) is 0.857. The van der Waals surface area contributed by atoms with Crippen molar-refractivity contribution in [1.82, 2.24) is 0 Å². The maximum absolute atomic E-state index is 14.0. The molecular weight excluding hydrogens is 464 g/mol. The van der Waals surface area contributed by atoms with Crippen LogP contribution in [-0.2, 0) is 38.1 Å². The van der Waals surface area contributed by atoms with Crippen molar-refractivity contribution < 1.29 is 38.1 Å². The van der Waals surface area contributed by atoms with Crippen LogP contribution >= 0.6 is 0 Å². The number of esters is 4. The summed E-state index contributed by atoms with van der Waals surface area (Å²) in [5, 5.41) is 0. The maximum atomic E-state index is 14.0. The van der Waals surface area contributed by atoms with Crippen molar-refractivity contribution in [3.8, 4) is 0 Å². The molecule has 36 heavy (non-hydrogen) atoms. The van der Waals surface area contributed by atoms with E-state index in [0.717, 1.165) is 64.2 Å². The van der Waals surface area contributed by atoms with Gasteiger partial charge in [-0.05, 0) is 109 Å². The van der Waals surface area contributed by atoms with Crippen molar-refractivity contribution >= 4 is 23.9 Å². The van der Waals surface area contributed by atoms with E-state index in [-0.39, 0.29) is 12.5 Å². The van der Waals surface area contributed by atoms with Gasteiger partial charge in [0.25, 0.3) is 5.41 Å². The van der Waals surface area contributed by atoms with E-state index in [1.165, 1.54) is 0 Å². The Balaban J connectivity index is 1.69. The van der Waals surface area contributed by atoms with Gasteiger partial charge < -0.3 is 18.9 Å². The first-order valence-electron chi connectivity index (χ1n) is 14.3. The fourth-order valence-corrected chi connectivity index (χ4v) is 6.33. The predicted molar refractivity (Wildman–Crippen MR) is 130 cm³/mol. The molecule has 4 rings (SSSR count). The summed E-state index contributed by atoms with van der Waals surface area (Å²) in [4.78, 5) is 55.4. The van der Waals surface area contributed by atoms with E-state index in [4.69, 9.17) is 18.9 Å². The second-order valence-corrected chi connectivity index (χ2v) is 11.0. The molecule has 0 aromatic heterocycles. The zero-order chi connectivity index (χ0) is 25.5. The Morgan fingerprint density at radius 2 is 0.833 bits per heavy atom. The summed E-state index contributed by atoms with van der Waals surface area (Å²) in [6.45, 7) is 1.68. The molecule has 0 spiro atoms. The molecule has 4 aliphatic carbocycles. The summed E-state index contributed by atoms with van der Waals surface area (Å²) in [6.07, 6.45) is 11.4. The number of carbonyl (C=O) groups excluding carboxylic acids is 4. The van der Waals surface area contributed by atoms with Gasteiger partial charge in [0.1, 0.15) is 24.4 Å². The lowest BCUT2D eigenvalue weighted by atomic mass is 9.73. The van der Waals surface area contributed by atoms with Gasteiger partial charge in [-0.2, -0.15) is 0 Å². The second-order valence-electron chi connectivity index (χ2n) is 11.0. The van der Waals surface area contributed by atoms with Crippen molar-refractivity contribution in [2.45, 2.75) is 140 Å². The highest BCUT2D eigenvalue weighted by Gasteiger charge is 2.66. The van der Waals surface area contributed by atoms with Crippen LogP contribution in [0.3, 0.4) is 0 Å². The largest absolute Gasteiger partial charge is 0.462 e. The summed E-state index contributed by atoms with van der Waals surface area (Å²) >= 11 is 0. The van der Waals surface area contributed by atoms with E-state index in [2.05, 4.69) is 0 Å². The molecule has 8 heteroatoms. The molecule has 0 aromatic carbocycles. The van der Waals surface area contributed by atoms with Crippen LogP contribution in [0.1, 0.15) is 116 Å². The van der Waals surface area contributed by atoms with Crippen molar-refractivity contribution in [2.24, 2.45) is 11.3 Å². The van der Waals surface area contributed by atoms with E-state index >= 15 is 0 Å². The number of carbonyl (C=O) groups is 4. The summed E-state index contributed by atoms with van der Waals surface area (Å²) in [7, 11) is 0. The van der Waals surface area contributed by atoms with Gasteiger partial charge in [0, 0.05) is 0 Å². The second kappa shape index (κ2) is 12.4. The minimum Gasteiger partial charge on any atom is -0.462 e. The van der Waals surface area contributed by atoms with Gasteiger partial charge in [-0.15, -0.1) is 0 Å². The summed E-state index contributed by atoms with van der Waals surface area (Å²) in [5.41, 5.74) is -2.52. The van der Waals surface area contributed by atoms with Crippen LogP contribution < -0.4 is 0 Å². The summed E-state index contributed by atoms with van der Waals surface area (Å²) in [6, 6.07) is 0. The lowest BCUT2D eigenvalue weighted by molar-refractivity contribution is -0.201. The molecule has 0 N–H and O–H groups in total. The van der Waals surface area contributed by atoms with E-state index in [1.54, 1.807) is 6.92 Å². The van der Waals surface area contributed by atoms with Crippen LogP contribution in [0.25, 0.3) is 0 Å². The van der Waals surface area contributed by atoms with Crippen molar-refractivity contribution in [3.05, 3.63) is 0 Å². The van der Waals surface area contributed by atoms with E-state index in [1.807, 2.05) is 0 Å². The molecular formula is C28H42O8. The molecule has 0 radical (unpaired) electrons. The Labute approximate surface area is 214 Å². The summed E-state index contributed by atoms with van der Waals surface area (Å²) in [5.74, 6) is -5.14. The van der Waals surface area contributed by atoms with Gasteiger partial charge in [-0.25, -0.2) is 0 Å². The SMILES string of the molecule is CCC(C(=O)OC1CCCC1)C(C(=O)OC1CCCC1)(C(=O)OC1CCCC1)C(=O)OC1CCCC1. The Hall–Kier alpha value is -2.12. The Kier molecular flexibility index (Phi) is 9.29. The third-order valence-corrected chi connectivity index (χ3v) is 8.49. The first kappa shape index (κ1) is 26.9. The predicted octanol–water partition coefficient (Wildman–Crippen LogP) is 4.94. The zero-order valence-corrected chi connectivity index (χ0v) is 21.7. The molecule has 4 aliphatic rings. The highest BCUT2D eigenvalue weighted by atomic mass is 16.6. The molecule has 0 aromatic rings. The van der Waals surface area contributed by atoms with E-state index < -0.39 is 53.5 Å². The van der Waals surface area contributed by atoms with Crippen LogP contribution in [0.5, 0.6) is 0 Å². The number of rotatable bonds is 10. The van der Waals surface area contributed by atoms with Crippen LogP contribution in [-0.4, -0.2) is 48.3 Å². The first-order chi connectivity index (χ1) is 17.4. The first-order valence-corrected chi connectivity index (χ1v) is 14.3. The van der Waals surface area contributed by atoms with E-state index in [9.17, 15) is 19.2 Å². The fourth-order valence-electron chi connectivity index (χ4n) is 6.33. The topological polar surface area (TPSA) is 105 Å². The average Bonchev–Trinajstić information content (AvgIpc) is 3.66. The van der Waals surface area contributed by atoms with Gasteiger partial charge >= 0.3 is 23.9 Å². The van der Waals surface area contributed by atoms with E-state index in [0.29, 0.717) is 38.5 Å². The number of ether oxygens (including phenoxy) is 4. The highest BCUT2D eigenvalue weighted by molar-refractivity contribution is 6.20. The molecule has 1 atom stereocenters. The third-order valence-electron chi connectivity index (χ3n) is 8.49. The lowest BCUT2D eigenvalue weighted by Crippen LogP contribution is -2.58. The molecule has 0 aliphatic heterocycles. The van der Waals surface area contributed by atoms with Gasteiger partial charge in [-0.1, -0.05) is 6.92 Å². The molecule has 0 bridgehead atoms. The number of hydrogen-bond acceptors (Lipinski definition) is 8. The van der Waals surface area contributed by atoms with Gasteiger partial charge in [-0.3, -0.25) is 19.2 Å². The monoisotopic (exact) mass is 506 g/mol. The Bertz CT molecular complexity index is 709. The van der Waals surface area contributed by atoms with Crippen molar-refractivity contribution in [2.75, 3.05) is 0 Å². The average molecular weight is 507 g/mol.